The van der Waals surface area contributed by atoms with Gasteiger partial charge in [-0.1, -0.05) is 0 Å². The lowest BCUT2D eigenvalue weighted by atomic mass is 10.5. The molecule has 0 atom stereocenters. The Morgan fingerprint density at radius 1 is 1.38 bits per heavy atom. The summed E-state index contributed by atoms with van der Waals surface area (Å²) in [6.45, 7) is 5.24. The fourth-order valence-corrected chi connectivity index (χ4v) is 1.61. The van der Waals surface area contributed by atoms with E-state index in [1.54, 1.807) is 23.3 Å². The maximum atomic E-state index is 5.52. The minimum Gasteiger partial charge on any atom is -0.377 e. The first-order chi connectivity index (χ1) is 10.1. The number of aromatic nitrogens is 5. The second-order valence-corrected chi connectivity index (χ2v) is 4.71. The summed E-state index contributed by atoms with van der Waals surface area (Å²) in [4.78, 5) is 18.7. The Kier molecular flexibility index (Phi) is 5.01. The van der Waals surface area contributed by atoms with Crippen LogP contribution in [0.25, 0.3) is 5.95 Å². The molecule has 0 fully saturated rings. The Bertz CT molecular complexity index is 556. The van der Waals surface area contributed by atoms with Crippen LogP contribution < -0.4 is 16.2 Å². The van der Waals surface area contributed by atoms with Crippen molar-refractivity contribution in [1.82, 2.24) is 24.5 Å². The zero-order valence-electron chi connectivity index (χ0n) is 12.4. The molecule has 0 aromatic carbocycles. The van der Waals surface area contributed by atoms with Gasteiger partial charge >= 0.3 is 0 Å². The first-order valence-electron chi connectivity index (χ1n) is 6.64. The number of ether oxygens (including phenoxy) is 1. The van der Waals surface area contributed by atoms with E-state index >= 15 is 0 Å². The molecule has 2 aromatic rings. The molecule has 0 bridgehead atoms. The van der Waals surface area contributed by atoms with E-state index in [-0.39, 0.29) is 6.10 Å². The summed E-state index contributed by atoms with van der Waals surface area (Å²) in [5, 5.41) is 0. The van der Waals surface area contributed by atoms with Crippen LogP contribution in [0.2, 0.25) is 0 Å². The van der Waals surface area contributed by atoms with Gasteiger partial charge in [-0.15, -0.1) is 0 Å². The van der Waals surface area contributed by atoms with Crippen LogP contribution in [0.15, 0.2) is 18.7 Å². The molecule has 0 saturated heterocycles. The van der Waals surface area contributed by atoms with Gasteiger partial charge in [0.1, 0.15) is 6.33 Å². The van der Waals surface area contributed by atoms with Gasteiger partial charge in [0.15, 0.2) is 0 Å². The number of likely N-dealkylation sites (N-methyl/N-ethyl adjacent to an activating group) is 1. The molecule has 0 radical (unpaired) electrons. The summed E-state index contributed by atoms with van der Waals surface area (Å²) >= 11 is 0. The van der Waals surface area contributed by atoms with Crippen molar-refractivity contribution in [3.8, 4) is 5.95 Å². The Balaban J connectivity index is 2.16. The predicted octanol–water partition coefficient (Wildman–Crippen LogP) is 0.204. The Morgan fingerprint density at radius 3 is 2.81 bits per heavy atom. The highest BCUT2D eigenvalue weighted by Gasteiger charge is 2.11. The van der Waals surface area contributed by atoms with E-state index in [9.17, 15) is 0 Å². The van der Waals surface area contributed by atoms with Crippen LogP contribution in [0.3, 0.4) is 0 Å². The molecule has 3 N–H and O–H groups in total. The van der Waals surface area contributed by atoms with Crippen molar-refractivity contribution in [3.63, 3.8) is 0 Å². The average Bonchev–Trinajstić information content (AvgIpc) is 3.00. The molecule has 2 aromatic heterocycles. The van der Waals surface area contributed by atoms with Crippen molar-refractivity contribution in [3.05, 3.63) is 18.7 Å². The fourth-order valence-electron chi connectivity index (χ4n) is 1.61. The number of nitrogens with zero attached hydrogens (tertiary/aromatic N) is 6. The van der Waals surface area contributed by atoms with E-state index < -0.39 is 0 Å². The first-order valence-corrected chi connectivity index (χ1v) is 6.64. The van der Waals surface area contributed by atoms with E-state index in [4.69, 9.17) is 10.6 Å². The molecule has 0 spiro atoms. The number of nitrogen functional groups attached to an aromatic ring is 1. The standard InChI is InChI=1S/C12H20N8O/c1-9(2)21-7-6-19(3)11-15-10(18-13)16-12(17-11)20-5-4-14-8-20/h4-5,8-9H,6-7,13H2,1-3H3,(H,15,16,17,18). The Labute approximate surface area is 123 Å². The van der Waals surface area contributed by atoms with Gasteiger partial charge in [0.05, 0.1) is 12.7 Å². The van der Waals surface area contributed by atoms with Gasteiger partial charge in [-0.2, -0.15) is 15.0 Å². The third kappa shape index (κ3) is 4.10. The monoisotopic (exact) mass is 292 g/mol. The summed E-state index contributed by atoms with van der Waals surface area (Å²) in [5.41, 5.74) is 2.45. The maximum Gasteiger partial charge on any atom is 0.243 e. The molecule has 0 saturated carbocycles. The van der Waals surface area contributed by atoms with Crippen molar-refractivity contribution >= 4 is 11.9 Å². The van der Waals surface area contributed by atoms with Gasteiger partial charge in [0.2, 0.25) is 17.8 Å². The van der Waals surface area contributed by atoms with Gasteiger partial charge in [-0.25, -0.2) is 10.8 Å². The SMILES string of the molecule is CC(C)OCCN(C)c1nc(NN)nc(-n2ccnc2)n1. The van der Waals surface area contributed by atoms with Gasteiger partial charge in [0.25, 0.3) is 0 Å². The first kappa shape index (κ1) is 15.1. The van der Waals surface area contributed by atoms with Gasteiger partial charge in [0, 0.05) is 26.0 Å². The molecular weight excluding hydrogens is 272 g/mol. The van der Waals surface area contributed by atoms with E-state index in [1.165, 1.54) is 0 Å². The predicted molar refractivity (Wildman–Crippen MR) is 79.1 cm³/mol. The minimum absolute atomic E-state index is 0.194. The lowest BCUT2D eigenvalue weighted by Crippen LogP contribution is -2.27. The Hall–Kier alpha value is -2.26. The zero-order chi connectivity index (χ0) is 15.2. The number of anilines is 2. The van der Waals surface area contributed by atoms with Crippen molar-refractivity contribution in [2.45, 2.75) is 20.0 Å². The van der Waals surface area contributed by atoms with E-state index in [1.807, 2.05) is 25.8 Å². The number of hydrazine groups is 1. The van der Waals surface area contributed by atoms with Gasteiger partial charge in [-0.05, 0) is 13.8 Å². The topological polar surface area (TPSA) is 107 Å². The number of nitrogens with one attached hydrogen (secondary N) is 1. The average molecular weight is 292 g/mol. The van der Waals surface area contributed by atoms with Crippen LogP contribution in [0.5, 0.6) is 0 Å². The summed E-state index contributed by atoms with van der Waals surface area (Å²) < 4.78 is 7.21. The Morgan fingerprint density at radius 2 is 2.19 bits per heavy atom. The van der Waals surface area contributed by atoms with Crippen molar-refractivity contribution in [1.29, 1.82) is 0 Å². The van der Waals surface area contributed by atoms with Gasteiger partial charge < -0.3 is 9.64 Å². The summed E-state index contributed by atoms with van der Waals surface area (Å²) in [6.07, 6.45) is 5.21. The number of hydrogen-bond acceptors (Lipinski definition) is 8. The molecule has 0 aliphatic rings. The second-order valence-electron chi connectivity index (χ2n) is 4.71. The normalized spacial score (nSPS) is 10.9. The molecule has 114 valence electrons. The third-order valence-electron chi connectivity index (χ3n) is 2.70. The molecule has 0 amide bonds. The highest BCUT2D eigenvalue weighted by atomic mass is 16.5. The maximum absolute atomic E-state index is 5.52. The molecule has 9 nitrogen and oxygen atoms in total. The zero-order valence-corrected chi connectivity index (χ0v) is 12.4. The quantitative estimate of drug-likeness (QED) is 0.550. The largest absolute Gasteiger partial charge is 0.377 e. The molecule has 0 aliphatic heterocycles. The van der Waals surface area contributed by atoms with E-state index in [0.717, 1.165) is 0 Å². The molecule has 9 heteroatoms. The number of nitrogens with two attached hydrogens (primary N) is 1. The lowest BCUT2D eigenvalue weighted by Gasteiger charge is -2.18. The molecule has 21 heavy (non-hydrogen) atoms. The second kappa shape index (κ2) is 6.95. The highest BCUT2D eigenvalue weighted by Crippen LogP contribution is 2.11. The van der Waals surface area contributed by atoms with Gasteiger partial charge in [-0.3, -0.25) is 9.99 Å². The molecule has 0 aliphatic carbocycles. The number of rotatable bonds is 7. The third-order valence-corrected chi connectivity index (χ3v) is 2.70. The smallest absolute Gasteiger partial charge is 0.243 e. The van der Waals surface area contributed by atoms with Crippen LogP contribution in [-0.4, -0.2) is 50.8 Å². The van der Waals surface area contributed by atoms with Crippen molar-refractivity contribution < 1.29 is 4.74 Å². The lowest BCUT2D eigenvalue weighted by molar-refractivity contribution is 0.0844. The summed E-state index contributed by atoms with van der Waals surface area (Å²) in [6, 6.07) is 0. The fraction of sp³-hybridized carbons (Fsp3) is 0.500. The van der Waals surface area contributed by atoms with Crippen LogP contribution in [0.1, 0.15) is 13.8 Å². The van der Waals surface area contributed by atoms with Crippen molar-refractivity contribution in [2.24, 2.45) is 5.84 Å². The van der Waals surface area contributed by atoms with Crippen LogP contribution >= 0.6 is 0 Å². The minimum atomic E-state index is 0.194. The summed E-state index contributed by atoms with van der Waals surface area (Å²) in [5.74, 6) is 6.66. The molecule has 0 unspecified atom stereocenters. The molecular formula is C12H20N8O. The van der Waals surface area contributed by atoms with Crippen LogP contribution in [0, 0.1) is 0 Å². The van der Waals surface area contributed by atoms with Crippen molar-refractivity contribution in [2.75, 3.05) is 30.5 Å². The number of hydrogen-bond donors (Lipinski definition) is 2. The van der Waals surface area contributed by atoms with Crippen LogP contribution in [0.4, 0.5) is 11.9 Å². The molecule has 2 rings (SSSR count). The van der Waals surface area contributed by atoms with E-state index in [2.05, 4.69) is 25.4 Å². The highest BCUT2D eigenvalue weighted by molar-refractivity contribution is 5.38. The van der Waals surface area contributed by atoms with E-state index in [0.29, 0.717) is 31.0 Å². The molecule has 2 heterocycles. The number of imidazole rings is 1. The summed E-state index contributed by atoms with van der Waals surface area (Å²) in [7, 11) is 1.89. The van der Waals surface area contributed by atoms with Crippen LogP contribution in [-0.2, 0) is 4.74 Å².